The van der Waals surface area contributed by atoms with Crippen molar-refractivity contribution in [3.8, 4) is 0 Å². The van der Waals surface area contributed by atoms with Crippen LogP contribution in [0.4, 0.5) is 0 Å². The lowest BCUT2D eigenvalue weighted by Crippen LogP contribution is -2.11. The van der Waals surface area contributed by atoms with Gasteiger partial charge in [0.25, 0.3) is 0 Å². The van der Waals surface area contributed by atoms with Gasteiger partial charge in [0.2, 0.25) is 0 Å². The van der Waals surface area contributed by atoms with E-state index >= 15 is 0 Å². The van der Waals surface area contributed by atoms with Crippen molar-refractivity contribution in [1.82, 2.24) is 14.8 Å². The zero-order valence-corrected chi connectivity index (χ0v) is 42.4. The maximum atomic E-state index is 7.00. The van der Waals surface area contributed by atoms with Gasteiger partial charge in [0.1, 0.15) is 0 Å². The van der Waals surface area contributed by atoms with Gasteiger partial charge in [-0.15, -0.1) is 0 Å². The van der Waals surface area contributed by atoms with Crippen molar-refractivity contribution in [2.24, 2.45) is 0 Å². The van der Waals surface area contributed by atoms with Crippen molar-refractivity contribution >= 4 is 0 Å². The van der Waals surface area contributed by atoms with Gasteiger partial charge in [-0.25, -0.2) is 0 Å². The predicted molar refractivity (Wildman–Crippen MR) is 279 cm³/mol. The van der Waals surface area contributed by atoms with Gasteiger partial charge in [-0.05, 0) is 132 Å². The van der Waals surface area contributed by atoms with Crippen LogP contribution >= 0.6 is 0 Å². The molecule has 4 nitrogen and oxygen atoms in total. The van der Waals surface area contributed by atoms with E-state index in [-0.39, 0.29) is 14.9 Å². The second-order valence-corrected chi connectivity index (χ2v) is 18.8. The SMILES string of the molecule is C.C.CC(C)c1cc(CN(C)C)cc(C(C)C)c1.CC(C)c1cccc(C(C)C)c1.CC(C)c1cccc(C(C)C)c1.CC(C)c1cncc(C(C)C)c1.CCN(C)C.CO. The molecule has 0 saturated heterocycles. The average Bonchev–Trinajstić information content (AvgIpc) is 3.19. The van der Waals surface area contributed by atoms with Crippen molar-refractivity contribution in [3.63, 3.8) is 0 Å². The quantitative estimate of drug-likeness (QED) is 0.163. The molecule has 0 fully saturated rings. The summed E-state index contributed by atoms with van der Waals surface area (Å²) in [7, 11) is 9.36. The smallest absolute Gasteiger partial charge is 0.0319 e. The third-order valence-electron chi connectivity index (χ3n) is 10.1. The highest BCUT2D eigenvalue weighted by Gasteiger charge is 2.08. The van der Waals surface area contributed by atoms with Crippen LogP contribution in [0, 0.1) is 0 Å². The zero-order chi connectivity index (χ0) is 46.0. The molecule has 0 spiro atoms. The minimum absolute atomic E-state index is 0. The van der Waals surface area contributed by atoms with E-state index in [2.05, 4.69) is 233 Å². The van der Waals surface area contributed by atoms with Crippen LogP contribution in [-0.4, -0.2) is 61.7 Å². The van der Waals surface area contributed by atoms with E-state index < -0.39 is 0 Å². The number of nitrogens with zero attached hydrogens (tertiary/aromatic N) is 3. The molecule has 0 saturated carbocycles. The Kier molecular flexibility index (Phi) is 37.1. The van der Waals surface area contributed by atoms with Crippen molar-refractivity contribution < 1.29 is 5.11 Å². The first-order valence-electron chi connectivity index (χ1n) is 22.5. The second-order valence-electron chi connectivity index (χ2n) is 18.8. The number of aliphatic hydroxyl groups is 1. The standard InChI is InChI=1S/C15H25N.2C12H18.C11H17N.C4H11N.CH4O.2CH4/c1-11(2)14-7-13(10-16(5)6)8-15(9-14)12(3)4;2*1-9(2)11-6-5-7-12(8-11)10(3)4;1-8(2)10-5-11(9(3)4)7-12-6-10;1-4-5(2)3;1-2;;/h7-9,11-12H,10H2,1-6H3;2*5-10H,1-4H3;5-9H,1-4H3;4H2,1-3H3;2H,1H3;2*1H4. The molecule has 4 aromatic rings. The van der Waals surface area contributed by atoms with E-state index in [1.165, 1.54) is 50.1 Å². The number of hydrogen-bond donors (Lipinski definition) is 1. The molecule has 0 atom stereocenters. The van der Waals surface area contributed by atoms with Crippen molar-refractivity contribution in [2.75, 3.05) is 41.8 Å². The fraction of sp³-hybridized carbons (Fsp3) is 0.596. The van der Waals surface area contributed by atoms with Gasteiger partial charge >= 0.3 is 0 Å². The van der Waals surface area contributed by atoms with Gasteiger partial charge in [-0.3, -0.25) is 4.98 Å². The monoisotopic (exact) mass is 844 g/mol. The van der Waals surface area contributed by atoms with E-state index in [1.54, 1.807) is 0 Å². The number of aromatic nitrogens is 1. The molecule has 0 aliphatic heterocycles. The summed E-state index contributed by atoms with van der Waals surface area (Å²) in [5.41, 5.74) is 12.8. The van der Waals surface area contributed by atoms with Crippen LogP contribution in [-0.2, 0) is 6.54 Å². The van der Waals surface area contributed by atoms with Crippen LogP contribution in [0.25, 0.3) is 0 Å². The predicted octanol–water partition coefficient (Wildman–Crippen LogP) is 16.6. The first kappa shape index (κ1) is 64.3. The highest BCUT2D eigenvalue weighted by molar-refractivity contribution is 5.34. The van der Waals surface area contributed by atoms with Gasteiger partial charge < -0.3 is 14.9 Å². The summed E-state index contributed by atoms with van der Waals surface area (Å²) < 4.78 is 0. The lowest BCUT2D eigenvalue weighted by molar-refractivity contribution is 0.399. The van der Waals surface area contributed by atoms with Crippen molar-refractivity contribution in [2.45, 2.75) is 186 Å². The van der Waals surface area contributed by atoms with Crippen molar-refractivity contribution in [3.05, 3.63) is 135 Å². The highest BCUT2D eigenvalue weighted by atomic mass is 16.2. The van der Waals surface area contributed by atoms with E-state index in [0.29, 0.717) is 47.3 Å². The summed E-state index contributed by atoms with van der Waals surface area (Å²) in [4.78, 5) is 8.58. The Hall–Kier alpha value is -3.31. The second kappa shape index (κ2) is 35.2. The summed E-state index contributed by atoms with van der Waals surface area (Å²) in [6.45, 7) is 40.0. The largest absolute Gasteiger partial charge is 0.400 e. The Morgan fingerprint density at radius 2 is 0.623 bits per heavy atom. The molecule has 350 valence electrons. The van der Waals surface area contributed by atoms with Crippen molar-refractivity contribution in [1.29, 1.82) is 0 Å². The fourth-order valence-corrected chi connectivity index (χ4v) is 5.53. The summed E-state index contributed by atoms with van der Waals surface area (Å²) in [6.07, 6.45) is 3.91. The highest BCUT2D eigenvalue weighted by Crippen LogP contribution is 2.25. The number of hydrogen-bond acceptors (Lipinski definition) is 4. The molecule has 0 unspecified atom stereocenters. The molecule has 4 rings (SSSR count). The molecule has 0 amide bonds. The Bertz CT molecular complexity index is 1400. The van der Waals surface area contributed by atoms with Gasteiger partial charge in [-0.2, -0.15) is 0 Å². The molecule has 1 aromatic heterocycles. The fourth-order valence-electron chi connectivity index (χ4n) is 5.53. The first-order chi connectivity index (χ1) is 27.5. The van der Waals surface area contributed by atoms with Crippen LogP contribution in [0.2, 0.25) is 0 Å². The van der Waals surface area contributed by atoms with Crippen LogP contribution in [0.1, 0.15) is 230 Å². The van der Waals surface area contributed by atoms with Crippen LogP contribution in [0.5, 0.6) is 0 Å². The molecule has 3 aromatic carbocycles. The minimum Gasteiger partial charge on any atom is -0.400 e. The molecular weight excluding hydrogens is 743 g/mol. The third kappa shape index (κ3) is 28.8. The maximum Gasteiger partial charge on any atom is 0.0319 e. The number of rotatable bonds is 11. The summed E-state index contributed by atoms with van der Waals surface area (Å²) in [6, 6.07) is 27.1. The molecule has 1 heterocycles. The lowest BCUT2D eigenvalue weighted by Gasteiger charge is -2.16. The molecule has 0 bridgehead atoms. The van der Waals surface area contributed by atoms with E-state index in [1.807, 2.05) is 12.4 Å². The minimum atomic E-state index is 0. The van der Waals surface area contributed by atoms with E-state index in [0.717, 1.165) is 20.2 Å². The molecule has 1 N–H and O–H groups in total. The molecular formula is C57H101N3O. The van der Waals surface area contributed by atoms with Crippen LogP contribution < -0.4 is 0 Å². The normalized spacial score (nSPS) is 10.6. The molecule has 0 radical (unpaired) electrons. The Morgan fingerprint density at radius 3 is 0.836 bits per heavy atom. The van der Waals surface area contributed by atoms with Gasteiger partial charge in [-0.1, -0.05) is 205 Å². The summed E-state index contributed by atoms with van der Waals surface area (Å²) >= 11 is 0. The first-order valence-corrected chi connectivity index (χ1v) is 22.5. The zero-order valence-electron chi connectivity index (χ0n) is 42.4. The maximum absolute atomic E-state index is 7.00. The summed E-state index contributed by atoms with van der Waals surface area (Å²) in [5.74, 6) is 4.95. The number of benzene rings is 3. The topological polar surface area (TPSA) is 39.6 Å². The van der Waals surface area contributed by atoms with E-state index in [9.17, 15) is 0 Å². The molecule has 4 heteroatoms. The number of pyridine rings is 1. The van der Waals surface area contributed by atoms with Crippen LogP contribution in [0.3, 0.4) is 0 Å². The summed E-state index contributed by atoms with van der Waals surface area (Å²) in [5, 5.41) is 7.00. The van der Waals surface area contributed by atoms with Gasteiger partial charge in [0.15, 0.2) is 0 Å². The van der Waals surface area contributed by atoms with Crippen LogP contribution in [0.15, 0.2) is 85.2 Å². The third-order valence-corrected chi connectivity index (χ3v) is 10.1. The molecule has 0 aliphatic rings. The molecule has 0 aliphatic carbocycles. The Balaban J connectivity index is -0.000000336. The molecule has 61 heavy (non-hydrogen) atoms. The number of aliphatic hydroxyl groups excluding tert-OH is 1. The Morgan fingerprint density at radius 1 is 0.393 bits per heavy atom. The Labute approximate surface area is 382 Å². The van der Waals surface area contributed by atoms with Gasteiger partial charge in [0.05, 0.1) is 0 Å². The van der Waals surface area contributed by atoms with Gasteiger partial charge in [0, 0.05) is 26.0 Å². The average molecular weight is 844 g/mol. The van der Waals surface area contributed by atoms with E-state index in [4.69, 9.17) is 5.11 Å². The lowest BCUT2D eigenvalue weighted by atomic mass is 9.93.